The van der Waals surface area contributed by atoms with Gasteiger partial charge in [-0.15, -0.1) is 0 Å². The second-order valence-electron chi connectivity index (χ2n) is 8.18. The summed E-state index contributed by atoms with van der Waals surface area (Å²) in [6.45, 7) is 7.98. The van der Waals surface area contributed by atoms with Crippen LogP contribution in [0.4, 0.5) is 0 Å². The molecule has 1 aromatic heterocycles. The van der Waals surface area contributed by atoms with Crippen LogP contribution in [0.2, 0.25) is 0 Å². The molecule has 2 radical (unpaired) electrons. The lowest BCUT2D eigenvalue weighted by atomic mass is 9.87. The van der Waals surface area contributed by atoms with E-state index in [-0.39, 0.29) is 6.04 Å². The van der Waals surface area contributed by atoms with Gasteiger partial charge in [0.1, 0.15) is 7.85 Å². The maximum atomic E-state index is 9.10. The molecule has 0 bridgehead atoms. The van der Waals surface area contributed by atoms with E-state index < -0.39 is 11.2 Å². The molecule has 0 aliphatic carbocycles. The van der Waals surface area contributed by atoms with Crippen molar-refractivity contribution in [2.45, 2.75) is 57.8 Å². The second kappa shape index (κ2) is 9.04. The van der Waals surface area contributed by atoms with Crippen molar-refractivity contribution in [3.8, 4) is 0 Å². The SMILES string of the molecule is CC(C)(O)C(C)(C)O.[B]c1cnn(C(c2ccccc2)C2CCOCC2)c1. The molecule has 2 heterocycles. The Morgan fingerprint density at radius 2 is 1.63 bits per heavy atom. The van der Waals surface area contributed by atoms with Gasteiger partial charge in [0.05, 0.1) is 17.2 Å². The Morgan fingerprint density at radius 3 is 2.07 bits per heavy atom. The Labute approximate surface area is 163 Å². The highest BCUT2D eigenvalue weighted by atomic mass is 16.5. The zero-order valence-corrected chi connectivity index (χ0v) is 16.8. The number of aromatic nitrogens is 2. The lowest BCUT2D eigenvalue weighted by Crippen LogP contribution is -2.44. The fourth-order valence-corrected chi connectivity index (χ4v) is 2.83. The summed E-state index contributed by atoms with van der Waals surface area (Å²) in [7, 11) is 5.82. The van der Waals surface area contributed by atoms with Gasteiger partial charge in [-0.3, -0.25) is 4.68 Å². The first-order valence-electron chi connectivity index (χ1n) is 9.46. The number of hydrogen-bond acceptors (Lipinski definition) is 4. The molecule has 1 saturated heterocycles. The molecule has 6 heteroatoms. The Balaban J connectivity index is 0.000000279. The van der Waals surface area contributed by atoms with Crippen molar-refractivity contribution in [2.75, 3.05) is 13.2 Å². The Kier molecular flexibility index (Phi) is 7.26. The molecular weight excluding hydrogens is 339 g/mol. The number of aliphatic hydroxyl groups is 2. The van der Waals surface area contributed by atoms with E-state index in [9.17, 15) is 0 Å². The predicted molar refractivity (Wildman–Crippen MR) is 108 cm³/mol. The maximum Gasteiger partial charge on any atom is 0.118 e. The quantitative estimate of drug-likeness (QED) is 0.810. The van der Waals surface area contributed by atoms with Crippen molar-refractivity contribution in [3.63, 3.8) is 0 Å². The average molecular weight is 370 g/mol. The standard InChI is InChI=1S/C15H17BN2O.C6H14O2/c16-14-10-17-18(11-14)15(12-4-2-1-3-5-12)13-6-8-19-9-7-13;1-5(2,7)6(3,4)8/h1-5,10-11,13,15H,6-9H2;7-8H,1-4H3. The highest BCUT2D eigenvalue weighted by Gasteiger charge is 2.32. The summed E-state index contributed by atoms with van der Waals surface area (Å²) >= 11 is 0. The summed E-state index contributed by atoms with van der Waals surface area (Å²) in [6.07, 6.45) is 5.78. The summed E-state index contributed by atoms with van der Waals surface area (Å²) < 4.78 is 7.47. The Hall–Kier alpha value is -1.63. The van der Waals surface area contributed by atoms with E-state index in [2.05, 4.69) is 29.4 Å². The molecule has 3 rings (SSSR count). The van der Waals surface area contributed by atoms with Gasteiger partial charge >= 0.3 is 0 Å². The summed E-state index contributed by atoms with van der Waals surface area (Å²) in [4.78, 5) is 0. The highest BCUT2D eigenvalue weighted by Crippen LogP contribution is 2.32. The van der Waals surface area contributed by atoms with Gasteiger partial charge in [-0.05, 0) is 52.0 Å². The van der Waals surface area contributed by atoms with E-state index in [4.69, 9.17) is 22.8 Å². The number of ether oxygens (including phenoxy) is 1. The number of hydrogen-bond donors (Lipinski definition) is 2. The second-order valence-corrected chi connectivity index (χ2v) is 8.18. The van der Waals surface area contributed by atoms with E-state index in [0.717, 1.165) is 26.1 Å². The molecule has 2 N–H and O–H groups in total. The van der Waals surface area contributed by atoms with Crippen LogP contribution in [0.25, 0.3) is 0 Å². The van der Waals surface area contributed by atoms with E-state index >= 15 is 0 Å². The third kappa shape index (κ3) is 6.20. The summed E-state index contributed by atoms with van der Waals surface area (Å²) in [5.74, 6) is 0.551. The zero-order valence-electron chi connectivity index (χ0n) is 16.8. The molecule has 0 saturated carbocycles. The van der Waals surface area contributed by atoms with Crippen molar-refractivity contribution in [2.24, 2.45) is 5.92 Å². The Morgan fingerprint density at radius 1 is 1.07 bits per heavy atom. The highest BCUT2D eigenvalue weighted by molar-refractivity contribution is 6.31. The van der Waals surface area contributed by atoms with Crippen molar-refractivity contribution >= 4 is 13.3 Å². The monoisotopic (exact) mass is 370 g/mol. The lowest BCUT2D eigenvalue weighted by molar-refractivity contribution is -0.107. The predicted octanol–water partition coefficient (Wildman–Crippen LogP) is 2.22. The molecule has 1 aliphatic rings. The van der Waals surface area contributed by atoms with Gasteiger partial charge in [0.2, 0.25) is 0 Å². The van der Waals surface area contributed by atoms with Crippen LogP contribution < -0.4 is 5.46 Å². The van der Waals surface area contributed by atoms with Gasteiger partial charge in [0, 0.05) is 25.6 Å². The molecule has 0 spiro atoms. The smallest absolute Gasteiger partial charge is 0.118 e. The van der Waals surface area contributed by atoms with Crippen molar-refractivity contribution in [1.29, 1.82) is 0 Å². The van der Waals surface area contributed by atoms with Crippen molar-refractivity contribution in [3.05, 3.63) is 48.3 Å². The van der Waals surface area contributed by atoms with Crippen molar-refractivity contribution < 1.29 is 14.9 Å². The van der Waals surface area contributed by atoms with Gasteiger partial charge in [-0.25, -0.2) is 0 Å². The molecule has 5 nitrogen and oxygen atoms in total. The Bertz CT molecular complexity index is 671. The van der Waals surface area contributed by atoms with E-state index in [1.807, 2.05) is 16.9 Å². The summed E-state index contributed by atoms with van der Waals surface area (Å²) in [5, 5.41) is 22.6. The minimum Gasteiger partial charge on any atom is -0.387 e. The number of nitrogens with zero attached hydrogens (tertiary/aromatic N) is 2. The van der Waals surface area contributed by atoms with Crippen LogP contribution in [0.3, 0.4) is 0 Å². The van der Waals surface area contributed by atoms with Gasteiger partial charge in [0.15, 0.2) is 0 Å². The van der Waals surface area contributed by atoms with Crippen LogP contribution in [0.5, 0.6) is 0 Å². The van der Waals surface area contributed by atoms with Gasteiger partial charge in [0.25, 0.3) is 0 Å². The number of rotatable bonds is 4. The summed E-state index contributed by atoms with van der Waals surface area (Å²) in [5.41, 5.74) is -0.00881. The molecule has 27 heavy (non-hydrogen) atoms. The normalized spacial score (nSPS) is 17.1. The average Bonchev–Trinajstić information content (AvgIpc) is 3.02. The van der Waals surface area contributed by atoms with Gasteiger partial charge in [-0.2, -0.15) is 5.10 Å². The maximum absolute atomic E-state index is 9.10. The van der Waals surface area contributed by atoms with E-state index in [0.29, 0.717) is 11.4 Å². The van der Waals surface area contributed by atoms with Crippen LogP contribution in [0.1, 0.15) is 52.1 Å². The van der Waals surface area contributed by atoms with Crippen LogP contribution in [-0.2, 0) is 4.74 Å². The summed E-state index contributed by atoms with van der Waals surface area (Å²) in [6, 6.07) is 10.8. The third-order valence-electron chi connectivity index (χ3n) is 5.26. The first-order chi connectivity index (χ1) is 12.6. The minimum atomic E-state index is -1.01. The molecule has 1 unspecified atom stereocenters. The fourth-order valence-electron chi connectivity index (χ4n) is 2.83. The molecule has 1 fully saturated rings. The van der Waals surface area contributed by atoms with Crippen LogP contribution in [-0.4, -0.2) is 52.3 Å². The minimum absolute atomic E-state index is 0.252. The van der Waals surface area contributed by atoms with E-state index in [1.165, 1.54) is 5.56 Å². The van der Waals surface area contributed by atoms with Crippen LogP contribution in [0, 0.1) is 5.92 Å². The van der Waals surface area contributed by atoms with Gasteiger partial charge < -0.3 is 14.9 Å². The van der Waals surface area contributed by atoms with Gasteiger partial charge in [-0.1, -0.05) is 35.8 Å². The molecule has 0 amide bonds. The van der Waals surface area contributed by atoms with Crippen LogP contribution >= 0.6 is 0 Å². The molecular formula is C21H31BN2O3. The third-order valence-corrected chi connectivity index (χ3v) is 5.26. The molecule has 1 aromatic carbocycles. The molecule has 1 aliphatic heterocycles. The topological polar surface area (TPSA) is 67.5 Å². The largest absolute Gasteiger partial charge is 0.387 e. The molecule has 1 atom stereocenters. The zero-order chi connectivity index (χ0) is 20.1. The first-order valence-corrected chi connectivity index (χ1v) is 9.46. The first kappa shape index (κ1) is 21.7. The molecule has 146 valence electrons. The van der Waals surface area contributed by atoms with E-state index in [1.54, 1.807) is 33.9 Å². The van der Waals surface area contributed by atoms with Crippen molar-refractivity contribution in [1.82, 2.24) is 9.78 Å². The van der Waals surface area contributed by atoms with Crippen LogP contribution in [0.15, 0.2) is 42.7 Å². The fraction of sp³-hybridized carbons (Fsp3) is 0.571. The number of benzene rings is 1. The lowest BCUT2D eigenvalue weighted by Gasteiger charge is -2.31. The molecule has 2 aromatic rings.